The number of amides is 1. The smallest absolute Gasteiger partial charge is 0.255 e. The van der Waals surface area contributed by atoms with Crippen LogP contribution in [0.1, 0.15) is 10.4 Å². The SMILES string of the molecule is COCC(Br)CNC(=O)c1ccc(OC)c(OC)c1OC. The van der Waals surface area contributed by atoms with Crippen LogP contribution in [0.3, 0.4) is 0 Å². The second kappa shape index (κ2) is 8.74. The van der Waals surface area contributed by atoms with Crippen LogP contribution in [0.2, 0.25) is 0 Å². The number of benzene rings is 1. The zero-order chi connectivity index (χ0) is 15.8. The second-order valence-corrected chi connectivity index (χ2v) is 5.44. The van der Waals surface area contributed by atoms with Gasteiger partial charge in [-0.3, -0.25) is 4.79 Å². The van der Waals surface area contributed by atoms with Crippen LogP contribution in [-0.2, 0) is 4.74 Å². The summed E-state index contributed by atoms with van der Waals surface area (Å²) in [7, 11) is 6.10. The Balaban J connectivity index is 2.94. The fraction of sp³-hybridized carbons (Fsp3) is 0.500. The molecule has 0 aliphatic carbocycles. The third-order valence-corrected chi connectivity index (χ3v) is 3.37. The quantitative estimate of drug-likeness (QED) is 0.715. The highest BCUT2D eigenvalue weighted by molar-refractivity contribution is 9.09. The number of halogens is 1. The van der Waals surface area contributed by atoms with E-state index in [4.69, 9.17) is 18.9 Å². The Labute approximate surface area is 132 Å². The number of methoxy groups -OCH3 is 4. The van der Waals surface area contributed by atoms with Crippen LogP contribution < -0.4 is 19.5 Å². The van der Waals surface area contributed by atoms with E-state index in [1.165, 1.54) is 21.3 Å². The lowest BCUT2D eigenvalue weighted by atomic mass is 10.1. The molecular formula is C14H20BrNO5. The fourth-order valence-electron chi connectivity index (χ4n) is 1.82. The van der Waals surface area contributed by atoms with Gasteiger partial charge in [0.1, 0.15) is 0 Å². The van der Waals surface area contributed by atoms with E-state index in [2.05, 4.69) is 21.2 Å². The van der Waals surface area contributed by atoms with Gasteiger partial charge in [0.25, 0.3) is 5.91 Å². The molecule has 0 fully saturated rings. The average Bonchev–Trinajstić information content (AvgIpc) is 2.51. The normalized spacial score (nSPS) is 11.7. The summed E-state index contributed by atoms with van der Waals surface area (Å²) in [6, 6.07) is 3.30. The first-order valence-corrected chi connectivity index (χ1v) is 7.20. The van der Waals surface area contributed by atoms with Crippen molar-refractivity contribution in [3.63, 3.8) is 0 Å². The molecule has 0 heterocycles. The molecule has 0 bridgehead atoms. The summed E-state index contributed by atoms with van der Waals surface area (Å²) in [5, 5.41) is 2.80. The van der Waals surface area contributed by atoms with E-state index in [1.807, 2.05) is 0 Å². The Morgan fingerprint density at radius 3 is 2.33 bits per heavy atom. The first-order chi connectivity index (χ1) is 10.1. The number of rotatable bonds is 8. The molecule has 0 aromatic heterocycles. The average molecular weight is 362 g/mol. The summed E-state index contributed by atoms with van der Waals surface area (Å²) in [4.78, 5) is 12.3. The molecule has 0 radical (unpaired) electrons. The van der Waals surface area contributed by atoms with Crippen molar-refractivity contribution in [2.75, 3.05) is 41.6 Å². The predicted octanol–water partition coefficient (Wildman–Crippen LogP) is 1.85. The van der Waals surface area contributed by atoms with E-state index in [-0.39, 0.29) is 10.7 Å². The highest BCUT2D eigenvalue weighted by Gasteiger charge is 2.20. The van der Waals surface area contributed by atoms with Gasteiger partial charge in [0.15, 0.2) is 11.5 Å². The van der Waals surface area contributed by atoms with E-state index in [9.17, 15) is 4.79 Å². The molecule has 0 spiro atoms. The van der Waals surface area contributed by atoms with Crippen LogP contribution in [0.25, 0.3) is 0 Å². The van der Waals surface area contributed by atoms with Gasteiger partial charge >= 0.3 is 0 Å². The summed E-state index contributed by atoms with van der Waals surface area (Å²) >= 11 is 3.41. The molecule has 6 nitrogen and oxygen atoms in total. The lowest BCUT2D eigenvalue weighted by molar-refractivity contribution is 0.0946. The van der Waals surface area contributed by atoms with Crippen molar-refractivity contribution in [2.24, 2.45) is 0 Å². The van der Waals surface area contributed by atoms with E-state index in [1.54, 1.807) is 19.2 Å². The first kappa shape index (κ1) is 17.6. The number of hydrogen-bond acceptors (Lipinski definition) is 5. The summed E-state index contributed by atoms with van der Waals surface area (Å²) in [6.07, 6.45) is 0. The van der Waals surface area contributed by atoms with Crippen LogP contribution in [0, 0.1) is 0 Å². The maximum atomic E-state index is 12.3. The fourth-order valence-corrected chi connectivity index (χ4v) is 2.24. The predicted molar refractivity (Wildman–Crippen MR) is 83.0 cm³/mol. The van der Waals surface area contributed by atoms with E-state index >= 15 is 0 Å². The lowest BCUT2D eigenvalue weighted by Crippen LogP contribution is -2.31. The highest BCUT2D eigenvalue weighted by atomic mass is 79.9. The summed E-state index contributed by atoms with van der Waals surface area (Å²) in [5.41, 5.74) is 0.382. The van der Waals surface area contributed by atoms with Crippen molar-refractivity contribution < 1.29 is 23.7 Å². The largest absolute Gasteiger partial charge is 0.493 e. The van der Waals surface area contributed by atoms with Crippen molar-refractivity contribution in [1.82, 2.24) is 5.32 Å². The molecule has 7 heteroatoms. The maximum absolute atomic E-state index is 12.3. The van der Waals surface area contributed by atoms with Gasteiger partial charge in [-0.15, -0.1) is 0 Å². The lowest BCUT2D eigenvalue weighted by Gasteiger charge is -2.16. The highest BCUT2D eigenvalue weighted by Crippen LogP contribution is 2.39. The van der Waals surface area contributed by atoms with Crippen LogP contribution in [0.5, 0.6) is 17.2 Å². The Kier molecular flexibility index (Phi) is 7.31. The van der Waals surface area contributed by atoms with Crippen LogP contribution >= 0.6 is 15.9 Å². The molecule has 0 aliphatic heterocycles. The maximum Gasteiger partial charge on any atom is 0.255 e. The molecule has 1 atom stereocenters. The van der Waals surface area contributed by atoms with Crippen molar-refractivity contribution >= 4 is 21.8 Å². The molecule has 1 amide bonds. The van der Waals surface area contributed by atoms with Gasteiger partial charge in [0.05, 0.1) is 38.3 Å². The van der Waals surface area contributed by atoms with E-state index < -0.39 is 0 Å². The minimum Gasteiger partial charge on any atom is -0.493 e. The molecule has 21 heavy (non-hydrogen) atoms. The van der Waals surface area contributed by atoms with Crippen molar-refractivity contribution in [3.05, 3.63) is 17.7 Å². The summed E-state index contributed by atoms with van der Waals surface area (Å²) < 4.78 is 20.7. The van der Waals surface area contributed by atoms with E-state index in [0.717, 1.165) is 0 Å². The van der Waals surface area contributed by atoms with Crippen molar-refractivity contribution in [3.8, 4) is 17.2 Å². The minimum atomic E-state index is -0.256. The third kappa shape index (κ3) is 4.50. The Hall–Kier alpha value is -1.47. The van der Waals surface area contributed by atoms with Gasteiger partial charge in [-0.2, -0.15) is 0 Å². The van der Waals surface area contributed by atoms with Crippen molar-refractivity contribution in [2.45, 2.75) is 4.83 Å². The zero-order valence-electron chi connectivity index (χ0n) is 12.6. The Morgan fingerprint density at radius 2 is 1.81 bits per heavy atom. The van der Waals surface area contributed by atoms with Gasteiger partial charge in [0.2, 0.25) is 5.75 Å². The molecule has 0 aliphatic rings. The van der Waals surface area contributed by atoms with E-state index in [0.29, 0.717) is 36.0 Å². The minimum absolute atomic E-state index is 0.0394. The van der Waals surface area contributed by atoms with Gasteiger partial charge in [-0.1, -0.05) is 15.9 Å². The number of carbonyl (C=O) groups excluding carboxylic acids is 1. The van der Waals surface area contributed by atoms with Gasteiger partial charge < -0.3 is 24.3 Å². The molecule has 1 N–H and O–H groups in total. The number of ether oxygens (including phenoxy) is 4. The number of hydrogen-bond donors (Lipinski definition) is 1. The molecular weight excluding hydrogens is 342 g/mol. The second-order valence-electron chi connectivity index (χ2n) is 4.14. The number of carbonyl (C=O) groups is 1. The molecule has 1 rings (SSSR count). The molecule has 0 saturated heterocycles. The van der Waals surface area contributed by atoms with Gasteiger partial charge in [-0.25, -0.2) is 0 Å². The third-order valence-electron chi connectivity index (χ3n) is 2.78. The zero-order valence-corrected chi connectivity index (χ0v) is 14.2. The van der Waals surface area contributed by atoms with Gasteiger partial charge in [-0.05, 0) is 12.1 Å². The Bertz CT molecular complexity index is 481. The Morgan fingerprint density at radius 1 is 1.14 bits per heavy atom. The molecule has 1 aromatic rings. The standard InChI is InChI=1S/C14H20BrNO5/c1-18-8-9(15)7-16-14(17)10-5-6-11(19-2)13(21-4)12(10)20-3/h5-6,9H,7-8H2,1-4H3,(H,16,17). The summed E-state index contributed by atoms with van der Waals surface area (Å²) in [6.45, 7) is 0.938. The van der Waals surface area contributed by atoms with Gasteiger partial charge in [0, 0.05) is 13.7 Å². The topological polar surface area (TPSA) is 66.0 Å². The summed E-state index contributed by atoms with van der Waals surface area (Å²) in [5.74, 6) is 0.976. The van der Waals surface area contributed by atoms with Crippen LogP contribution in [-0.4, -0.2) is 52.3 Å². The van der Waals surface area contributed by atoms with Crippen molar-refractivity contribution in [1.29, 1.82) is 0 Å². The molecule has 1 unspecified atom stereocenters. The monoisotopic (exact) mass is 361 g/mol. The van der Waals surface area contributed by atoms with Crippen LogP contribution in [0.15, 0.2) is 12.1 Å². The first-order valence-electron chi connectivity index (χ1n) is 6.29. The molecule has 1 aromatic carbocycles. The molecule has 118 valence electrons. The molecule has 0 saturated carbocycles. The number of alkyl halides is 1. The number of nitrogens with one attached hydrogen (secondary N) is 1. The van der Waals surface area contributed by atoms with Crippen LogP contribution in [0.4, 0.5) is 0 Å².